The highest BCUT2D eigenvalue weighted by Gasteiger charge is 2.37. The van der Waals surface area contributed by atoms with Crippen molar-refractivity contribution in [3.63, 3.8) is 0 Å². The molecule has 1 amide bonds. The van der Waals surface area contributed by atoms with Crippen LogP contribution in [0.2, 0.25) is 5.02 Å². The van der Waals surface area contributed by atoms with E-state index in [0.717, 1.165) is 22.5 Å². The van der Waals surface area contributed by atoms with Crippen LogP contribution >= 0.6 is 11.6 Å². The number of carbonyl (C=O) groups is 1. The smallest absolute Gasteiger partial charge is 0.416 e. The largest absolute Gasteiger partial charge is 0.484 e. The van der Waals surface area contributed by atoms with Crippen LogP contribution < -0.4 is 19.5 Å². The molecular weight excluding hydrogens is 633 g/mol. The second-order valence-corrected chi connectivity index (χ2v) is 13.1. The third kappa shape index (κ3) is 7.11. The molecule has 3 aromatic rings. The van der Waals surface area contributed by atoms with Gasteiger partial charge in [0.05, 0.1) is 40.0 Å². The molecule has 3 aromatic carbocycles. The molecule has 1 aliphatic rings. The van der Waals surface area contributed by atoms with Crippen molar-refractivity contribution in [2.45, 2.75) is 23.6 Å². The van der Waals surface area contributed by atoms with E-state index in [1.807, 2.05) is 0 Å². The third-order valence-electron chi connectivity index (χ3n) is 6.08. The van der Waals surface area contributed by atoms with Crippen LogP contribution in [0.1, 0.15) is 12.0 Å². The Balaban J connectivity index is 1.75. The summed E-state index contributed by atoms with van der Waals surface area (Å²) in [6.45, 7) is -0.837. The van der Waals surface area contributed by atoms with Gasteiger partial charge in [-0.3, -0.25) is 9.10 Å². The number of carbonyl (C=O) groups excluding carboxylic acids is 1. The quantitative estimate of drug-likeness (QED) is 0.278. The number of halogens is 6. The Labute approximate surface area is 242 Å². The fourth-order valence-corrected chi connectivity index (χ4v) is 6.32. The molecule has 9 nitrogen and oxygen atoms in total. The number of benzene rings is 3. The van der Waals surface area contributed by atoms with E-state index in [-0.39, 0.29) is 29.1 Å². The number of nitrogens with two attached hydrogens (primary N) is 1. The van der Waals surface area contributed by atoms with E-state index < -0.39 is 84.1 Å². The summed E-state index contributed by atoms with van der Waals surface area (Å²) in [5.74, 6) is -3.50. The van der Waals surface area contributed by atoms with Gasteiger partial charge in [0.25, 0.3) is 10.0 Å². The summed E-state index contributed by atoms with van der Waals surface area (Å²) < 4.78 is 124. The number of primary sulfonamides is 1. The van der Waals surface area contributed by atoms with E-state index in [1.54, 1.807) is 0 Å². The minimum absolute atomic E-state index is 0.0692. The molecule has 17 heteroatoms. The molecule has 1 aliphatic heterocycles. The lowest BCUT2D eigenvalue weighted by Crippen LogP contribution is -2.48. The van der Waals surface area contributed by atoms with Crippen molar-refractivity contribution in [1.29, 1.82) is 0 Å². The number of fused-ring (bicyclic) bond motifs is 1. The van der Waals surface area contributed by atoms with Crippen LogP contribution in [-0.4, -0.2) is 47.7 Å². The number of anilines is 1. The number of hydrogen-bond acceptors (Lipinski definition) is 6. The number of ether oxygens (including phenoxy) is 1. The maximum Gasteiger partial charge on any atom is 0.416 e. The molecule has 42 heavy (non-hydrogen) atoms. The van der Waals surface area contributed by atoms with Gasteiger partial charge in [0.2, 0.25) is 15.9 Å². The molecule has 0 radical (unpaired) electrons. The molecule has 0 aliphatic carbocycles. The Kier molecular flexibility index (Phi) is 8.74. The number of rotatable bonds is 8. The molecule has 0 fully saturated rings. The predicted octanol–water partition coefficient (Wildman–Crippen LogP) is 4.06. The molecule has 0 spiro atoms. The van der Waals surface area contributed by atoms with Crippen molar-refractivity contribution in [2.75, 3.05) is 23.1 Å². The number of nitrogens with zero attached hydrogens (tertiary/aromatic N) is 1. The summed E-state index contributed by atoms with van der Waals surface area (Å²) in [4.78, 5) is 11.4. The number of amides is 1. The van der Waals surface area contributed by atoms with Gasteiger partial charge < -0.3 is 10.1 Å². The number of sulfonamides is 2. The average Bonchev–Trinajstić information content (AvgIpc) is 2.91. The lowest BCUT2D eigenvalue weighted by atomic mass is 10.0. The van der Waals surface area contributed by atoms with E-state index in [9.17, 15) is 43.6 Å². The van der Waals surface area contributed by atoms with Crippen molar-refractivity contribution in [2.24, 2.45) is 5.14 Å². The Hall–Kier alpha value is -3.47. The maximum atomic E-state index is 14.1. The second kappa shape index (κ2) is 11.7. The van der Waals surface area contributed by atoms with Gasteiger partial charge in [0.1, 0.15) is 23.5 Å². The fraction of sp³-hybridized carbons (Fsp3) is 0.240. The Morgan fingerprint density at radius 1 is 1.07 bits per heavy atom. The highest BCUT2D eigenvalue weighted by Crippen LogP contribution is 2.42. The first-order chi connectivity index (χ1) is 19.5. The minimum atomic E-state index is -4.84. The van der Waals surface area contributed by atoms with E-state index in [4.69, 9.17) is 21.5 Å². The number of hydrogen-bond donors (Lipinski definition) is 2. The van der Waals surface area contributed by atoms with Crippen LogP contribution in [0.3, 0.4) is 0 Å². The van der Waals surface area contributed by atoms with Crippen molar-refractivity contribution >= 4 is 43.2 Å². The number of alkyl halides is 3. The topological polar surface area (TPSA) is 136 Å². The normalized spacial score (nSPS) is 15.6. The van der Waals surface area contributed by atoms with Crippen molar-refractivity contribution in [1.82, 2.24) is 5.32 Å². The molecule has 1 heterocycles. The average molecular weight is 654 g/mol. The molecular formula is C25H21ClF5N3O6S2. The maximum absolute atomic E-state index is 14.1. The third-order valence-corrected chi connectivity index (χ3v) is 9.02. The summed E-state index contributed by atoms with van der Waals surface area (Å²) in [5, 5.41) is 6.83. The zero-order valence-corrected chi connectivity index (χ0v) is 23.5. The second-order valence-electron chi connectivity index (χ2n) is 9.15. The molecule has 226 valence electrons. The summed E-state index contributed by atoms with van der Waals surface area (Å²) in [7, 11) is -8.65. The van der Waals surface area contributed by atoms with Gasteiger partial charge in [0.15, 0.2) is 0 Å². The zero-order chi connectivity index (χ0) is 31.0. The van der Waals surface area contributed by atoms with Crippen LogP contribution in [0.15, 0.2) is 59.5 Å². The lowest BCUT2D eigenvalue weighted by Gasteiger charge is -2.36. The van der Waals surface area contributed by atoms with E-state index in [2.05, 4.69) is 5.32 Å². The first-order valence-electron chi connectivity index (χ1n) is 11.9. The van der Waals surface area contributed by atoms with Crippen LogP contribution in [-0.2, 0) is 31.0 Å². The summed E-state index contributed by atoms with van der Waals surface area (Å²) >= 11 is 6.02. The molecule has 3 N–H and O–H groups in total. The Morgan fingerprint density at radius 2 is 1.79 bits per heavy atom. The van der Waals surface area contributed by atoms with Crippen molar-refractivity contribution in [3.05, 3.63) is 76.8 Å². The van der Waals surface area contributed by atoms with E-state index >= 15 is 0 Å². The molecule has 0 unspecified atom stereocenters. The Bertz CT molecular complexity index is 1750. The lowest BCUT2D eigenvalue weighted by molar-refractivity contribution is -0.137. The first kappa shape index (κ1) is 31.5. The van der Waals surface area contributed by atoms with Crippen LogP contribution in [0.25, 0.3) is 11.1 Å². The van der Waals surface area contributed by atoms with E-state index in [1.165, 1.54) is 18.2 Å². The van der Waals surface area contributed by atoms with Gasteiger partial charge in [-0.15, -0.1) is 0 Å². The van der Waals surface area contributed by atoms with Gasteiger partial charge >= 0.3 is 6.18 Å². The van der Waals surface area contributed by atoms with E-state index in [0.29, 0.717) is 18.2 Å². The van der Waals surface area contributed by atoms with Gasteiger partial charge in [0, 0.05) is 18.1 Å². The Morgan fingerprint density at radius 3 is 2.45 bits per heavy atom. The van der Waals surface area contributed by atoms with Crippen molar-refractivity contribution < 1.29 is 48.3 Å². The van der Waals surface area contributed by atoms with Gasteiger partial charge in [-0.1, -0.05) is 23.7 Å². The summed E-state index contributed by atoms with van der Waals surface area (Å²) in [6, 6.07) is 8.32. The molecule has 4 rings (SSSR count). The monoisotopic (exact) mass is 653 g/mol. The van der Waals surface area contributed by atoms with Gasteiger partial charge in [-0.2, -0.15) is 13.2 Å². The highest BCUT2D eigenvalue weighted by molar-refractivity contribution is 7.92. The molecule has 0 saturated carbocycles. The standard InChI is InChI=1S/C25H21ClF5N3O6S2/c26-24-19(10-16(27)11-20(24)28)14-4-5-22-21(8-14)34(13-17(40-22)12-33-23(35)6-7-41(32,36)37)42(38,39)18-3-1-2-15(9-18)25(29,30)31/h1-5,8-11,17H,6-7,12-13H2,(H,33,35)(H2,32,36,37)/t17-/m0/s1. The minimum Gasteiger partial charge on any atom is -0.484 e. The van der Waals surface area contributed by atoms with Gasteiger partial charge in [-0.25, -0.2) is 30.8 Å². The fourth-order valence-electron chi connectivity index (χ4n) is 4.09. The molecule has 0 bridgehead atoms. The summed E-state index contributed by atoms with van der Waals surface area (Å²) in [6.07, 6.45) is -6.41. The van der Waals surface area contributed by atoms with Crippen LogP contribution in [0, 0.1) is 11.6 Å². The molecule has 0 aromatic heterocycles. The van der Waals surface area contributed by atoms with Crippen molar-refractivity contribution in [3.8, 4) is 16.9 Å². The molecule has 1 atom stereocenters. The highest BCUT2D eigenvalue weighted by atomic mass is 35.5. The number of nitrogens with one attached hydrogen (secondary N) is 1. The van der Waals surface area contributed by atoms with Gasteiger partial charge in [-0.05, 0) is 42.0 Å². The van der Waals surface area contributed by atoms with Crippen LogP contribution in [0.4, 0.5) is 27.6 Å². The summed E-state index contributed by atoms with van der Waals surface area (Å²) in [5.41, 5.74) is -1.45. The van der Waals surface area contributed by atoms with Crippen LogP contribution in [0.5, 0.6) is 5.75 Å². The first-order valence-corrected chi connectivity index (χ1v) is 15.4. The molecule has 0 saturated heterocycles. The predicted molar refractivity (Wildman–Crippen MR) is 143 cm³/mol. The SMILES string of the molecule is NS(=O)(=O)CCC(=O)NC[C@H]1CN(S(=O)(=O)c2cccc(C(F)(F)F)c2)c2cc(-c3cc(F)cc(F)c3Cl)ccc2O1. The zero-order valence-electron chi connectivity index (χ0n) is 21.2.